The highest BCUT2D eigenvalue weighted by Gasteiger charge is 2.22. The first-order valence-corrected chi connectivity index (χ1v) is 7.41. The average Bonchev–Trinajstić information content (AvgIpc) is 2.90. The van der Waals surface area contributed by atoms with E-state index in [4.69, 9.17) is 4.74 Å². The zero-order valence-electron chi connectivity index (χ0n) is 12.6. The SMILES string of the molecule is COc1ccc(/C=C2\CC/C(=C\c3ccccc3)C2=O)cc1. The summed E-state index contributed by atoms with van der Waals surface area (Å²) in [6.45, 7) is 0. The van der Waals surface area contributed by atoms with Gasteiger partial charge in [-0.05, 0) is 48.3 Å². The highest BCUT2D eigenvalue weighted by Crippen LogP contribution is 2.29. The van der Waals surface area contributed by atoms with E-state index in [0.717, 1.165) is 40.9 Å². The lowest BCUT2D eigenvalue weighted by atomic mass is 10.1. The summed E-state index contributed by atoms with van der Waals surface area (Å²) in [4.78, 5) is 12.5. The molecule has 0 spiro atoms. The number of carbonyl (C=O) groups is 1. The number of carbonyl (C=O) groups excluding carboxylic acids is 1. The standard InChI is InChI=1S/C20H18O2/c1-22-19-11-7-16(8-12-19)14-18-10-9-17(20(18)21)13-15-5-3-2-4-6-15/h2-8,11-14H,9-10H2,1H3/b17-13+,18-14+. The number of allylic oxidation sites excluding steroid dienone is 2. The third kappa shape index (κ3) is 3.17. The van der Waals surface area contributed by atoms with Crippen molar-refractivity contribution in [2.24, 2.45) is 0 Å². The molecule has 110 valence electrons. The normalized spacial score (nSPS) is 18.1. The molecule has 1 aliphatic rings. The van der Waals surface area contributed by atoms with E-state index in [2.05, 4.69) is 0 Å². The fourth-order valence-electron chi connectivity index (χ4n) is 2.63. The number of benzene rings is 2. The third-order valence-electron chi connectivity index (χ3n) is 3.84. The molecule has 1 aliphatic carbocycles. The first-order chi connectivity index (χ1) is 10.8. The number of ketones is 1. The molecule has 22 heavy (non-hydrogen) atoms. The lowest BCUT2D eigenvalue weighted by molar-refractivity contribution is -0.111. The van der Waals surface area contributed by atoms with E-state index in [1.807, 2.05) is 66.7 Å². The van der Waals surface area contributed by atoms with Crippen molar-refractivity contribution in [1.29, 1.82) is 0 Å². The van der Waals surface area contributed by atoms with E-state index in [9.17, 15) is 4.79 Å². The second-order valence-corrected chi connectivity index (χ2v) is 5.35. The van der Waals surface area contributed by atoms with Gasteiger partial charge >= 0.3 is 0 Å². The van der Waals surface area contributed by atoms with Gasteiger partial charge in [0.1, 0.15) is 5.75 Å². The zero-order chi connectivity index (χ0) is 15.4. The number of hydrogen-bond donors (Lipinski definition) is 0. The largest absolute Gasteiger partial charge is 0.497 e. The van der Waals surface area contributed by atoms with E-state index in [1.54, 1.807) is 7.11 Å². The lowest BCUT2D eigenvalue weighted by Gasteiger charge is -2.00. The van der Waals surface area contributed by atoms with Gasteiger partial charge in [0.2, 0.25) is 0 Å². The molecule has 2 aromatic carbocycles. The van der Waals surface area contributed by atoms with Crippen molar-refractivity contribution in [2.75, 3.05) is 7.11 Å². The quantitative estimate of drug-likeness (QED) is 0.777. The zero-order valence-corrected chi connectivity index (χ0v) is 12.6. The number of Topliss-reactive ketones (excluding diaryl/α,β-unsaturated/α-hetero) is 1. The summed E-state index contributed by atoms with van der Waals surface area (Å²) in [7, 11) is 1.65. The van der Waals surface area contributed by atoms with Crippen molar-refractivity contribution in [3.8, 4) is 5.75 Å². The number of rotatable bonds is 3. The van der Waals surface area contributed by atoms with Crippen LogP contribution >= 0.6 is 0 Å². The molecule has 2 heteroatoms. The molecule has 2 nitrogen and oxygen atoms in total. The van der Waals surface area contributed by atoms with Crippen LogP contribution in [-0.4, -0.2) is 12.9 Å². The predicted octanol–water partition coefficient (Wildman–Crippen LogP) is 4.53. The van der Waals surface area contributed by atoms with Gasteiger partial charge in [0, 0.05) is 11.1 Å². The van der Waals surface area contributed by atoms with E-state index < -0.39 is 0 Å². The minimum absolute atomic E-state index is 0.166. The Balaban J connectivity index is 1.81. The Bertz CT molecular complexity index is 722. The summed E-state index contributed by atoms with van der Waals surface area (Å²) < 4.78 is 5.15. The monoisotopic (exact) mass is 290 g/mol. The fourth-order valence-corrected chi connectivity index (χ4v) is 2.63. The van der Waals surface area contributed by atoms with Crippen LogP contribution in [0.1, 0.15) is 24.0 Å². The summed E-state index contributed by atoms with van der Waals surface area (Å²) in [5, 5.41) is 0. The van der Waals surface area contributed by atoms with Crippen LogP contribution in [0.3, 0.4) is 0 Å². The summed E-state index contributed by atoms with van der Waals surface area (Å²) in [5.41, 5.74) is 3.89. The molecule has 0 unspecified atom stereocenters. The molecule has 0 bridgehead atoms. The maximum absolute atomic E-state index is 12.5. The molecular formula is C20H18O2. The topological polar surface area (TPSA) is 26.3 Å². The van der Waals surface area contributed by atoms with Crippen LogP contribution < -0.4 is 4.74 Å². The average molecular weight is 290 g/mol. The summed E-state index contributed by atoms with van der Waals surface area (Å²) in [5.74, 6) is 0.990. The summed E-state index contributed by atoms with van der Waals surface area (Å²) in [6, 6.07) is 17.7. The Labute approximate surface area is 130 Å². The van der Waals surface area contributed by atoms with Crippen LogP contribution in [0.15, 0.2) is 65.7 Å². The fraction of sp³-hybridized carbons (Fsp3) is 0.150. The van der Waals surface area contributed by atoms with Gasteiger partial charge in [-0.25, -0.2) is 0 Å². The van der Waals surface area contributed by atoms with Crippen molar-refractivity contribution in [2.45, 2.75) is 12.8 Å². The van der Waals surface area contributed by atoms with E-state index in [1.165, 1.54) is 0 Å². The minimum Gasteiger partial charge on any atom is -0.497 e. The molecule has 0 atom stereocenters. The molecule has 1 fully saturated rings. The first kappa shape index (κ1) is 14.3. The Morgan fingerprint density at radius 3 is 1.91 bits per heavy atom. The Hall–Kier alpha value is -2.61. The Morgan fingerprint density at radius 1 is 0.818 bits per heavy atom. The van der Waals surface area contributed by atoms with Gasteiger partial charge in [0.15, 0.2) is 5.78 Å². The number of methoxy groups -OCH3 is 1. The van der Waals surface area contributed by atoms with Crippen molar-refractivity contribution in [3.05, 3.63) is 76.9 Å². The lowest BCUT2D eigenvalue weighted by Crippen LogP contribution is -1.95. The highest BCUT2D eigenvalue weighted by molar-refractivity contribution is 6.15. The van der Waals surface area contributed by atoms with Gasteiger partial charge in [0.05, 0.1) is 7.11 Å². The molecule has 2 aromatic rings. The van der Waals surface area contributed by atoms with E-state index in [0.29, 0.717) is 0 Å². The van der Waals surface area contributed by atoms with Gasteiger partial charge in [0.25, 0.3) is 0 Å². The van der Waals surface area contributed by atoms with Crippen molar-refractivity contribution in [1.82, 2.24) is 0 Å². The molecule has 0 aliphatic heterocycles. The predicted molar refractivity (Wildman–Crippen MR) is 89.6 cm³/mol. The number of ether oxygens (including phenoxy) is 1. The molecule has 1 saturated carbocycles. The van der Waals surface area contributed by atoms with Crippen molar-refractivity contribution >= 4 is 17.9 Å². The molecule has 0 aromatic heterocycles. The maximum atomic E-state index is 12.5. The van der Waals surface area contributed by atoms with Gasteiger partial charge in [-0.3, -0.25) is 4.79 Å². The van der Waals surface area contributed by atoms with Crippen LogP contribution in [0.2, 0.25) is 0 Å². The molecule has 0 heterocycles. The number of hydrogen-bond acceptors (Lipinski definition) is 2. The van der Waals surface area contributed by atoms with E-state index >= 15 is 0 Å². The van der Waals surface area contributed by atoms with Crippen LogP contribution in [0, 0.1) is 0 Å². The molecule has 0 amide bonds. The second kappa shape index (κ2) is 6.44. The highest BCUT2D eigenvalue weighted by atomic mass is 16.5. The van der Waals surface area contributed by atoms with Gasteiger partial charge in [-0.2, -0.15) is 0 Å². The van der Waals surface area contributed by atoms with Crippen LogP contribution in [0.5, 0.6) is 5.75 Å². The second-order valence-electron chi connectivity index (χ2n) is 5.35. The Kier molecular flexibility index (Phi) is 4.19. The minimum atomic E-state index is 0.166. The molecule has 3 rings (SSSR count). The smallest absolute Gasteiger partial charge is 0.185 e. The third-order valence-corrected chi connectivity index (χ3v) is 3.84. The summed E-state index contributed by atoms with van der Waals surface area (Å²) in [6.07, 6.45) is 5.60. The molecule has 0 radical (unpaired) electrons. The summed E-state index contributed by atoms with van der Waals surface area (Å²) >= 11 is 0. The van der Waals surface area contributed by atoms with E-state index in [-0.39, 0.29) is 5.78 Å². The Morgan fingerprint density at radius 2 is 1.36 bits per heavy atom. The van der Waals surface area contributed by atoms with Gasteiger partial charge in [-0.15, -0.1) is 0 Å². The van der Waals surface area contributed by atoms with Crippen LogP contribution in [-0.2, 0) is 4.79 Å². The maximum Gasteiger partial charge on any atom is 0.185 e. The molecule has 0 N–H and O–H groups in total. The first-order valence-electron chi connectivity index (χ1n) is 7.41. The molecule has 0 saturated heterocycles. The molecular weight excluding hydrogens is 272 g/mol. The van der Waals surface area contributed by atoms with Gasteiger partial charge < -0.3 is 4.74 Å². The van der Waals surface area contributed by atoms with Crippen molar-refractivity contribution in [3.63, 3.8) is 0 Å². The van der Waals surface area contributed by atoms with Crippen molar-refractivity contribution < 1.29 is 9.53 Å². The van der Waals surface area contributed by atoms with Crippen LogP contribution in [0.25, 0.3) is 12.2 Å². The van der Waals surface area contributed by atoms with Crippen LogP contribution in [0.4, 0.5) is 0 Å². The van der Waals surface area contributed by atoms with Gasteiger partial charge in [-0.1, -0.05) is 42.5 Å².